The van der Waals surface area contributed by atoms with Gasteiger partial charge in [0.05, 0.1) is 21.4 Å². The number of hydrogen-bond donors (Lipinski definition) is 0. The molecule has 2 aromatic rings. The van der Waals surface area contributed by atoms with Crippen LogP contribution in [0.2, 0.25) is 10.0 Å². The van der Waals surface area contributed by atoms with E-state index >= 15 is 0 Å². The predicted octanol–water partition coefficient (Wildman–Crippen LogP) is 4.40. The van der Waals surface area contributed by atoms with Gasteiger partial charge in [0.25, 0.3) is 0 Å². The molecule has 0 heterocycles. The SMILES string of the molecule is CC(=O)N(CCN(C(C)=O)c1ccccc1Cl)c1ccccc1Cl. The van der Waals surface area contributed by atoms with Crippen LogP contribution >= 0.6 is 23.2 Å². The van der Waals surface area contributed by atoms with Crippen molar-refractivity contribution in [3.05, 3.63) is 58.6 Å². The number of amides is 2. The molecular weight excluding hydrogens is 347 g/mol. The fourth-order valence-electron chi connectivity index (χ4n) is 2.44. The summed E-state index contributed by atoms with van der Waals surface area (Å²) < 4.78 is 0. The average Bonchev–Trinajstić information content (AvgIpc) is 2.53. The number of nitrogens with zero attached hydrogens (tertiary/aromatic N) is 2. The van der Waals surface area contributed by atoms with Crippen molar-refractivity contribution in [2.45, 2.75) is 13.8 Å². The van der Waals surface area contributed by atoms with Crippen LogP contribution in [0.5, 0.6) is 0 Å². The third kappa shape index (κ3) is 4.28. The van der Waals surface area contributed by atoms with Crippen molar-refractivity contribution in [2.75, 3.05) is 22.9 Å². The van der Waals surface area contributed by atoms with E-state index in [1.54, 1.807) is 46.2 Å². The number of anilines is 2. The molecule has 0 aliphatic rings. The molecule has 6 heteroatoms. The summed E-state index contributed by atoms with van der Waals surface area (Å²) in [6.45, 7) is 3.56. The minimum absolute atomic E-state index is 0.147. The van der Waals surface area contributed by atoms with E-state index < -0.39 is 0 Å². The van der Waals surface area contributed by atoms with Gasteiger partial charge in [-0.3, -0.25) is 9.59 Å². The van der Waals surface area contributed by atoms with Gasteiger partial charge >= 0.3 is 0 Å². The van der Waals surface area contributed by atoms with E-state index in [2.05, 4.69) is 0 Å². The first-order valence-electron chi connectivity index (χ1n) is 7.47. The second kappa shape index (κ2) is 8.18. The van der Waals surface area contributed by atoms with Crippen molar-refractivity contribution >= 4 is 46.4 Å². The molecule has 0 N–H and O–H groups in total. The van der Waals surface area contributed by atoms with Crippen LogP contribution in [0.1, 0.15) is 13.8 Å². The number of rotatable bonds is 5. The smallest absolute Gasteiger partial charge is 0.223 e. The molecule has 4 nitrogen and oxygen atoms in total. The highest BCUT2D eigenvalue weighted by Crippen LogP contribution is 2.27. The Kier molecular flexibility index (Phi) is 6.23. The second-order valence-electron chi connectivity index (χ2n) is 5.24. The van der Waals surface area contributed by atoms with E-state index in [4.69, 9.17) is 23.2 Å². The summed E-state index contributed by atoms with van der Waals surface area (Å²) in [6, 6.07) is 14.2. The Hall–Kier alpha value is -2.04. The van der Waals surface area contributed by atoms with E-state index in [0.717, 1.165) is 0 Å². The quantitative estimate of drug-likeness (QED) is 0.788. The van der Waals surface area contributed by atoms with Gasteiger partial charge in [-0.25, -0.2) is 0 Å². The molecule has 0 fully saturated rings. The molecule has 0 atom stereocenters. The van der Waals surface area contributed by atoms with Crippen molar-refractivity contribution in [1.82, 2.24) is 0 Å². The second-order valence-corrected chi connectivity index (χ2v) is 6.06. The summed E-state index contributed by atoms with van der Waals surface area (Å²) in [4.78, 5) is 27.1. The predicted molar refractivity (Wildman–Crippen MR) is 99.0 cm³/mol. The molecule has 0 saturated heterocycles. The molecule has 0 bridgehead atoms. The molecule has 2 amide bonds. The zero-order valence-electron chi connectivity index (χ0n) is 13.5. The maximum absolute atomic E-state index is 12.0. The molecule has 24 heavy (non-hydrogen) atoms. The number of hydrogen-bond acceptors (Lipinski definition) is 2. The number of carbonyl (C=O) groups is 2. The summed E-state index contributed by atoms with van der Waals surface area (Å²) in [6.07, 6.45) is 0. The first-order valence-corrected chi connectivity index (χ1v) is 8.22. The van der Waals surface area contributed by atoms with Crippen LogP contribution in [0, 0.1) is 0 Å². The molecule has 0 spiro atoms. The van der Waals surface area contributed by atoms with Crippen LogP contribution < -0.4 is 9.80 Å². The normalized spacial score (nSPS) is 10.3. The van der Waals surface area contributed by atoms with Gasteiger partial charge in [0.1, 0.15) is 0 Å². The highest BCUT2D eigenvalue weighted by atomic mass is 35.5. The van der Waals surface area contributed by atoms with Gasteiger partial charge in [0.15, 0.2) is 0 Å². The van der Waals surface area contributed by atoms with Gasteiger partial charge in [-0.05, 0) is 24.3 Å². The Morgan fingerprint density at radius 1 is 0.750 bits per heavy atom. The molecule has 0 unspecified atom stereocenters. The molecule has 126 valence electrons. The van der Waals surface area contributed by atoms with E-state index in [1.165, 1.54) is 13.8 Å². The van der Waals surface area contributed by atoms with Gasteiger partial charge in [-0.1, -0.05) is 47.5 Å². The largest absolute Gasteiger partial charge is 0.309 e. The average molecular weight is 365 g/mol. The monoisotopic (exact) mass is 364 g/mol. The minimum Gasteiger partial charge on any atom is -0.309 e. The van der Waals surface area contributed by atoms with Crippen LogP contribution in [0.4, 0.5) is 11.4 Å². The molecule has 0 saturated carbocycles. The lowest BCUT2D eigenvalue weighted by Gasteiger charge is -2.27. The maximum Gasteiger partial charge on any atom is 0.223 e. The van der Waals surface area contributed by atoms with Crippen LogP contribution in [-0.4, -0.2) is 24.9 Å². The zero-order chi connectivity index (χ0) is 17.7. The third-order valence-electron chi connectivity index (χ3n) is 3.59. The number of halogens is 2. The van der Waals surface area contributed by atoms with Gasteiger partial charge in [0, 0.05) is 26.9 Å². The minimum atomic E-state index is -0.147. The van der Waals surface area contributed by atoms with Crippen molar-refractivity contribution < 1.29 is 9.59 Å². The number of carbonyl (C=O) groups excluding carboxylic acids is 2. The third-order valence-corrected chi connectivity index (χ3v) is 4.23. The first kappa shape index (κ1) is 18.3. The topological polar surface area (TPSA) is 40.6 Å². The van der Waals surface area contributed by atoms with Crippen molar-refractivity contribution in [2.24, 2.45) is 0 Å². The Morgan fingerprint density at radius 2 is 1.08 bits per heavy atom. The van der Waals surface area contributed by atoms with E-state index in [1.807, 2.05) is 12.1 Å². The summed E-state index contributed by atoms with van der Waals surface area (Å²) in [7, 11) is 0. The highest BCUT2D eigenvalue weighted by Gasteiger charge is 2.19. The molecule has 2 rings (SSSR count). The summed E-state index contributed by atoms with van der Waals surface area (Å²) in [5.41, 5.74) is 1.24. The van der Waals surface area contributed by atoms with E-state index in [0.29, 0.717) is 34.5 Å². The summed E-state index contributed by atoms with van der Waals surface area (Å²) in [5.74, 6) is -0.295. The Balaban J connectivity index is 2.24. The lowest BCUT2D eigenvalue weighted by atomic mass is 10.2. The highest BCUT2D eigenvalue weighted by molar-refractivity contribution is 6.34. The fourth-order valence-corrected chi connectivity index (χ4v) is 2.91. The molecule has 0 radical (unpaired) electrons. The van der Waals surface area contributed by atoms with Gasteiger partial charge in [0.2, 0.25) is 11.8 Å². The lowest BCUT2D eigenvalue weighted by Crippen LogP contribution is -2.40. The number of para-hydroxylation sites is 2. The van der Waals surface area contributed by atoms with Crippen molar-refractivity contribution in [1.29, 1.82) is 0 Å². The summed E-state index contributed by atoms with van der Waals surface area (Å²) >= 11 is 12.4. The molecule has 0 aliphatic heterocycles. The van der Waals surface area contributed by atoms with Crippen LogP contribution in [-0.2, 0) is 9.59 Å². The molecule has 0 aliphatic carbocycles. The van der Waals surface area contributed by atoms with Gasteiger partial charge in [-0.15, -0.1) is 0 Å². The van der Waals surface area contributed by atoms with Gasteiger partial charge in [-0.2, -0.15) is 0 Å². The summed E-state index contributed by atoms with van der Waals surface area (Å²) in [5, 5.41) is 0.972. The van der Waals surface area contributed by atoms with Crippen molar-refractivity contribution in [3.63, 3.8) is 0 Å². The van der Waals surface area contributed by atoms with Gasteiger partial charge < -0.3 is 9.80 Å². The Labute approximate surface area is 151 Å². The fraction of sp³-hybridized carbons (Fsp3) is 0.222. The first-order chi connectivity index (χ1) is 11.4. The van der Waals surface area contributed by atoms with Crippen LogP contribution in [0.3, 0.4) is 0 Å². The Morgan fingerprint density at radius 3 is 1.38 bits per heavy atom. The maximum atomic E-state index is 12.0. The molecular formula is C18H18Cl2N2O2. The molecule has 0 aromatic heterocycles. The Bertz CT molecular complexity index is 686. The number of benzene rings is 2. The van der Waals surface area contributed by atoms with Crippen LogP contribution in [0.25, 0.3) is 0 Å². The van der Waals surface area contributed by atoms with Crippen LogP contribution in [0.15, 0.2) is 48.5 Å². The van der Waals surface area contributed by atoms with E-state index in [-0.39, 0.29) is 11.8 Å². The lowest BCUT2D eigenvalue weighted by molar-refractivity contribution is -0.118. The van der Waals surface area contributed by atoms with E-state index in [9.17, 15) is 9.59 Å². The zero-order valence-corrected chi connectivity index (χ0v) is 15.0. The van der Waals surface area contributed by atoms with Crippen molar-refractivity contribution in [3.8, 4) is 0 Å². The molecule has 2 aromatic carbocycles. The standard InChI is InChI=1S/C18H18Cl2N2O2/c1-13(23)21(17-9-5-3-7-15(17)19)11-12-22(14(2)24)18-10-6-4-8-16(18)20/h3-10H,11-12H2,1-2H3.